The van der Waals surface area contributed by atoms with Crippen molar-refractivity contribution in [2.75, 3.05) is 27.2 Å². The summed E-state index contributed by atoms with van der Waals surface area (Å²) in [5, 5.41) is 5.72. The topological polar surface area (TPSA) is 83.4 Å². The number of nitrogens with one attached hydrogen (secondary N) is 2. The van der Waals surface area contributed by atoms with Crippen LogP contribution in [0.2, 0.25) is 0 Å². The largest absolute Gasteiger partial charge is 0.354 e. The van der Waals surface area contributed by atoms with E-state index in [2.05, 4.69) is 10.6 Å². The molecule has 1 amide bonds. The summed E-state index contributed by atoms with van der Waals surface area (Å²) in [5.41, 5.74) is 0.329. The minimum atomic E-state index is -3.58. The summed E-state index contributed by atoms with van der Waals surface area (Å²) in [6.07, 6.45) is 3.08. The summed E-state index contributed by atoms with van der Waals surface area (Å²) in [7, 11) is 1.21. The molecule has 1 aliphatic rings. The lowest BCUT2D eigenvalue weighted by Crippen LogP contribution is -2.43. The monoisotopic (exact) mass is 314 g/mol. The predicted molar refractivity (Wildman–Crippen MR) is 79.6 cm³/mol. The Hall–Kier alpha value is -1.38. The highest BCUT2D eigenvalue weighted by Gasteiger charge is 2.30. The van der Waals surface area contributed by atoms with Gasteiger partial charge >= 0.3 is 0 Å². The van der Waals surface area contributed by atoms with Gasteiger partial charge in [-0.05, 0) is 32.0 Å². The number of rotatable bonds is 4. The van der Waals surface area contributed by atoms with Crippen molar-refractivity contribution >= 4 is 15.9 Å². The lowest BCUT2D eigenvalue weighted by Gasteiger charge is -2.30. The molecule has 2 N–H and O–H groups in total. The average molecular weight is 314 g/mol. The number of sulfonamides is 1. The molecule has 1 aromatic heterocycles. The van der Waals surface area contributed by atoms with Crippen LogP contribution in [0, 0.1) is 0 Å². The van der Waals surface area contributed by atoms with Crippen LogP contribution in [0.3, 0.4) is 0 Å². The minimum Gasteiger partial charge on any atom is -0.354 e. The van der Waals surface area contributed by atoms with Crippen LogP contribution in [0.5, 0.6) is 0 Å². The highest BCUT2D eigenvalue weighted by atomic mass is 32.2. The molecule has 0 aromatic carbocycles. The lowest BCUT2D eigenvalue weighted by molar-refractivity contribution is 0.0955. The first kappa shape index (κ1) is 16.0. The molecule has 118 valence electrons. The number of aromatic nitrogens is 1. The zero-order chi connectivity index (χ0) is 15.6. The number of hydrogen-bond acceptors (Lipinski definition) is 4. The molecule has 0 atom stereocenters. The van der Waals surface area contributed by atoms with Crippen molar-refractivity contribution in [3.63, 3.8) is 0 Å². The Morgan fingerprint density at radius 2 is 2.05 bits per heavy atom. The molecule has 0 aliphatic carbocycles. The maximum absolute atomic E-state index is 12.7. The van der Waals surface area contributed by atoms with Gasteiger partial charge in [0.2, 0.25) is 10.0 Å². The van der Waals surface area contributed by atoms with E-state index < -0.39 is 10.0 Å². The summed E-state index contributed by atoms with van der Waals surface area (Å²) < 4.78 is 28.3. The van der Waals surface area contributed by atoms with Gasteiger partial charge in [-0.25, -0.2) is 8.42 Å². The molecule has 0 spiro atoms. The van der Waals surface area contributed by atoms with E-state index in [9.17, 15) is 13.2 Å². The summed E-state index contributed by atoms with van der Waals surface area (Å²) in [4.78, 5) is 11.9. The van der Waals surface area contributed by atoms with Crippen molar-refractivity contribution in [1.82, 2.24) is 19.5 Å². The van der Waals surface area contributed by atoms with Gasteiger partial charge in [-0.3, -0.25) is 4.79 Å². The smallest absolute Gasteiger partial charge is 0.267 e. The van der Waals surface area contributed by atoms with E-state index in [1.165, 1.54) is 28.2 Å². The van der Waals surface area contributed by atoms with Gasteiger partial charge in [0.05, 0.1) is 0 Å². The van der Waals surface area contributed by atoms with Gasteiger partial charge in [-0.2, -0.15) is 4.31 Å². The van der Waals surface area contributed by atoms with Crippen LogP contribution in [0.15, 0.2) is 17.2 Å². The van der Waals surface area contributed by atoms with Gasteiger partial charge in [0, 0.05) is 33.4 Å². The van der Waals surface area contributed by atoms with E-state index >= 15 is 0 Å². The molecule has 1 aliphatic heterocycles. The Labute approximate surface area is 125 Å². The van der Waals surface area contributed by atoms with Crippen LogP contribution in [0.25, 0.3) is 0 Å². The van der Waals surface area contributed by atoms with Gasteiger partial charge < -0.3 is 15.2 Å². The molecule has 1 fully saturated rings. The average Bonchev–Trinajstić information content (AvgIpc) is 2.89. The molecule has 7 nitrogen and oxygen atoms in total. The molecule has 1 aromatic rings. The number of piperidine rings is 1. The maximum atomic E-state index is 12.7. The quantitative estimate of drug-likeness (QED) is 0.803. The fourth-order valence-electron chi connectivity index (χ4n) is 2.56. The molecule has 21 heavy (non-hydrogen) atoms. The predicted octanol–water partition coefficient (Wildman–Crippen LogP) is -0.243. The number of nitrogens with zero attached hydrogens (tertiary/aromatic N) is 2. The SMILES string of the molecule is CNC(=O)c1cc(S(=O)(=O)N(C)C2CCNCC2)cn1C. The third-order valence-electron chi connectivity index (χ3n) is 3.94. The summed E-state index contributed by atoms with van der Waals surface area (Å²) in [5.74, 6) is -0.302. The second-order valence-electron chi connectivity index (χ2n) is 5.25. The van der Waals surface area contributed by atoms with Crippen LogP contribution in [0.1, 0.15) is 23.3 Å². The number of carbonyl (C=O) groups excluding carboxylic acids is 1. The molecular weight excluding hydrogens is 292 g/mol. The van der Waals surface area contributed by atoms with E-state index in [0.29, 0.717) is 5.69 Å². The highest BCUT2D eigenvalue weighted by Crippen LogP contribution is 2.22. The van der Waals surface area contributed by atoms with E-state index in [1.807, 2.05) is 0 Å². The second kappa shape index (κ2) is 6.17. The Balaban J connectivity index is 2.28. The first-order valence-corrected chi connectivity index (χ1v) is 8.39. The molecule has 0 saturated carbocycles. The normalized spacial score (nSPS) is 17.1. The second-order valence-corrected chi connectivity index (χ2v) is 7.25. The number of aryl methyl sites for hydroxylation is 1. The first-order valence-electron chi connectivity index (χ1n) is 6.95. The Bertz CT molecular complexity index is 617. The summed E-state index contributed by atoms with van der Waals surface area (Å²) in [6.45, 7) is 1.64. The lowest BCUT2D eigenvalue weighted by atomic mass is 10.1. The third kappa shape index (κ3) is 3.12. The molecular formula is C13H22N4O3S. The van der Waals surface area contributed by atoms with E-state index in [4.69, 9.17) is 0 Å². The fourth-order valence-corrected chi connectivity index (χ4v) is 4.05. The van der Waals surface area contributed by atoms with Crippen LogP contribution in [-0.2, 0) is 17.1 Å². The minimum absolute atomic E-state index is 0.0000854. The first-order chi connectivity index (χ1) is 9.87. The number of carbonyl (C=O) groups is 1. The zero-order valence-electron chi connectivity index (χ0n) is 12.6. The number of hydrogen-bond donors (Lipinski definition) is 2. The van der Waals surface area contributed by atoms with Crippen LogP contribution in [-0.4, -0.2) is 56.4 Å². The van der Waals surface area contributed by atoms with Gasteiger partial charge in [0.1, 0.15) is 10.6 Å². The van der Waals surface area contributed by atoms with Gasteiger partial charge in [-0.1, -0.05) is 0 Å². The van der Waals surface area contributed by atoms with E-state index in [-0.39, 0.29) is 16.8 Å². The summed E-state index contributed by atoms with van der Waals surface area (Å²) in [6, 6.07) is 1.42. The van der Waals surface area contributed by atoms with E-state index in [1.54, 1.807) is 14.1 Å². The molecule has 2 rings (SSSR count). The molecule has 0 unspecified atom stereocenters. The Kier molecular flexibility index (Phi) is 4.70. The van der Waals surface area contributed by atoms with Crippen molar-refractivity contribution in [1.29, 1.82) is 0 Å². The third-order valence-corrected chi connectivity index (χ3v) is 5.81. The zero-order valence-corrected chi connectivity index (χ0v) is 13.4. The van der Waals surface area contributed by atoms with Gasteiger partial charge in [0.25, 0.3) is 5.91 Å². The van der Waals surface area contributed by atoms with Crippen LogP contribution >= 0.6 is 0 Å². The molecule has 0 radical (unpaired) electrons. The van der Waals surface area contributed by atoms with Crippen LogP contribution < -0.4 is 10.6 Å². The van der Waals surface area contributed by atoms with Crippen molar-refractivity contribution in [3.05, 3.63) is 18.0 Å². The summed E-state index contributed by atoms with van der Waals surface area (Å²) >= 11 is 0. The standard InChI is InChI=1S/C13H22N4O3S/c1-14-13(18)12-8-11(9-16(12)2)21(19,20)17(3)10-4-6-15-7-5-10/h8-10,15H,4-7H2,1-3H3,(H,14,18). The van der Waals surface area contributed by atoms with Crippen molar-refractivity contribution in [2.24, 2.45) is 7.05 Å². The maximum Gasteiger partial charge on any atom is 0.267 e. The number of amides is 1. The molecule has 8 heteroatoms. The Morgan fingerprint density at radius 3 is 2.62 bits per heavy atom. The fraction of sp³-hybridized carbons (Fsp3) is 0.615. The van der Waals surface area contributed by atoms with Gasteiger partial charge in [0.15, 0.2) is 0 Å². The van der Waals surface area contributed by atoms with Crippen molar-refractivity contribution < 1.29 is 13.2 Å². The molecule has 0 bridgehead atoms. The molecule has 2 heterocycles. The molecule has 1 saturated heterocycles. The van der Waals surface area contributed by atoms with Crippen molar-refractivity contribution in [3.8, 4) is 0 Å². The Morgan fingerprint density at radius 1 is 1.43 bits per heavy atom. The highest BCUT2D eigenvalue weighted by molar-refractivity contribution is 7.89. The van der Waals surface area contributed by atoms with E-state index in [0.717, 1.165) is 25.9 Å². The van der Waals surface area contributed by atoms with Crippen molar-refractivity contribution in [2.45, 2.75) is 23.8 Å². The van der Waals surface area contributed by atoms with Crippen LogP contribution in [0.4, 0.5) is 0 Å². The van der Waals surface area contributed by atoms with Gasteiger partial charge in [-0.15, -0.1) is 0 Å².